The molecule has 0 saturated carbocycles. The van der Waals surface area contributed by atoms with Gasteiger partial charge in [-0.1, -0.05) is 44.2 Å². The minimum absolute atomic E-state index is 0.149. The molecular formula is C20H30N4O4. The van der Waals surface area contributed by atoms with Gasteiger partial charge in [0.2, 0.25) is 11.8 Å². The van der Waals surface area contributed by atoms with E-state index < -0.39 is 24.0 Å². The largest absolute Gasteiger partial charge is 0.352 e. The number of hydrogen-bond acceptors (Lipinski definition) is 4. The zero-order valence-corrected chi connectivity index (χ0v) is 16.7. The van der Waals surface area contributed by atoms with E-state index in [1.54, 1.807) is 0 Å². The van der Waals surface area contributed by atoms with E-state index in [1.807, 2.05) is 44.2 Å². The van der Waals surface area contributed by atoms with Crippen molar-refractivity contribution in [3.63, 3.8) is 0 Å². The lowest BCUT2D eigenvalue weighted by Crippen LogP contribution is -2.53. The first-order valence-corrected chi connectivity index (χ1v) is 9.38. The van der Waals surface area contributed by atoms with Crippen LogP contribution in [0.25, 0.3) is 0 Å². The molecule has 2 unspecified atom stereocenters. The molecule has 1 aromatic rings. The van der Waals surface area contributed by atoms with Crippen molar-refractivity contribution in [1.82, 2.24) is 16.0 Å². The second kappa shape index (κ2) is 11.7. The molecule has 8 nitrogen and oxygen atoms in total. The first-order chi connectivity index (χ1) is 13.2. The zero-order valence-electron chi connectivity index (χ0n) is 16.7. The van der Waals surface area contributed by atoms with Gasteiger partial charge in [0.25, 0.3) is 0 Å². The smallest absolute Gasteiger partial charge is 0.312 e. The average Bonchev–Trinajstić information content (AvgIpc) is 2.62. The lowest BCUT2D eigenvalue weighted by Gasteiger charge is -2.24. The van der Waals surface area contributed by atoms with Crippen LogP contribution in [-0.4, -0.2) is 42.3 Å². The van der Waals surface area contributed by atoms with Gasteiger partial charge in [-0.25, -0.2) is 4.79 Å². The van der Waals surface area contributed by atoms with Crippen LogP contribution in [0.1, 0.15) is 39.2 Å². The van der Waals surface area contributed by atoms with Crippen molar-refractivity contribution in [2.24, 2.45) is 11.7 Å². The maximum absolute atomic E-state index is 12.7. The minimum Gasteiger partial charge on any atom is -0.352 e. The van der Waals surface area contributed by atoms with Gasteiger partial charge in [-0.15, -0.1) is 0 Å². The molecule has 0 aliphatic heterocycles. The van der Waals surface area contributed by atoms with Crippen molar-refractivity contribution in [3.05, 3.63) is 35.9 Å². The van der Waals surface area contributed by atoms with Crippen molar-refractivity contribution in [2.45, 2.75) is 52.1 Å². The monoisotopic (exact) mass is 390 g/mol. The molecule has 0 spiro atoms. The van der Waals surface area contributed by atoms with Crippen LogP contribution in [0.3, 0.4) is 0 Å². The van der Waals surface area contributed by atoms with Gasteiger partial charge in [-0.05, 0) is 31.2 Å². The molecule has 0 aromatic heterocycles. The van der Waals surface area contributed by atoms with Crippen LogP contribution in [0, 0.1) is 5.92 Å². The molecule has 4 amide bonds. The third kappa shape index (κ3) is 8.66. The molecule has 0 saturated heterocycles. The molecule has 0 aliphatic carbocycles. The van der Waals surface area contributed by atoms with E-state index in [-0.39, 0.29) is 24.0 Å². The van der Waals surface area contributed by atoms with Crippen molar-refractivity contribution in [1.29, 1.82) is 0 Å². The molecule has 1 aromatic carbocycles. The van der Waals surface area contributed by atoms with E-state index >= 15 is 0 Å². The van der Waals surface area contributed by atoms with Gasteiger partial charge in [0.15, 0.2) is 5.78 Å². The fourth-order valence-corrected chi connectivity index (χ4v) is 2.70. The minimum atomic E-state index is -0.748. The van der Waals surface area contributed by atoms with Gasteiger partial charge in [-0.3, -0.25) is 14.4 Å². The number of ketones is 1. The van der Waals surface area contributed by atoms with Gasteiger partial charge in [0.05, 0.1) is 12.5 Å². The number of Topliss-reactive ketones (excluding diaryl/α,β-unsaturated/α-hetero) is 1. The van der Waals surface area contributed by atoms with Crippen molar-refractivity contribution in [3.8, 4) is 0 Å². The summed E-state index contributed by atoms with van der Waals surface area (Å²) in [5.41, 5.74) is 5.85. The molecule has 8 heteroatoms. The molecule has 0 bridgehead atoms. The number of nitrogens with one attached hydrogen (secondary N) is 3. The summed E-state index contributed by atoms with van der Waals surface area (Å²) in [7, 11) is 0. The van der Waals surface area contributed by atoms with Gasteiger partial charge < -0.3 is 21.7 Å². The predicted octanol–water partition coefficient (Wildman–Crippen LogP) is 0.892. The molecule has 0 aliphatic rings. The van der Waals surface area contributed by atoms with Crippen LogP contribution < -0.4 is 21.7 Å². The SMILES string of the molecule is CC(=O)C(CCCNC(N)=O)NC(=O)C(NC(=O)Cc1ccccc1)C(C)C. The van der Waals surface area contributed by atoms with Gasteiger partial charge in [-0.2, -0.15) is 0 Å². The molecule has 5 N–H and O–H groups in total. The number of amides is 4. The van der Waals surface area contributed by atoms with Gasteiger partial charge in [0, 0.05) is 6.54 Å². The van der Waals surface area contributed by atoms with E-state index in [4.69, 9.17) is 5.73 Å². The Morgan fingerprint density at radius 3 is 2.21 bits per heavy atom. The fraction of sp³-hybridized carbons (Fsp3) is 0.500. The third-order valence-corrected chi connectivity index (χ3v) is 4.25. The Hall–Kier alpha value is -2.90. The molecule has 28 heavy (non-hydrogen) atoms. The van der Waals surface area contributed by atoms with Crippen LogP contribution in [-0.2, 0) is 20.8 Å². The summed E-state index contributed by atoms with van der Waals surface area (Å²) in [5.74, 6) is -1.00. The molecule has 0 radical (unpaired) electrons. The maximum atomic E-state index is 12.7. The van der Waals surface area contributed by atoms with Crippen LogP contribution >= 0.6 is 0 Å². The van der Waals surface area contributed by atoms with Crippen molar-refractivity contribution < 1.29 is 19.2 Å². The highest BCUT2D eigenvalue weighted by atomic mass is 16.2. The lowest BCUT2D eigenvalue weighted by molar-refractivity contribution is -0.132. The summed E-state index contributed by atoms with van der Waals surface area (Å²) in [5, 5.41) is 7.90. The fourth-order valence-electron chi connectivity index (χ4n) is 2.70. The van der Waals surface area contributed by atoms with Crippen LogP contribution in [0.2, 0.25) is 0 Å². The van der Waals surface area contributed by atoms with E-state index in [1.165, 1.54) is 6.92 Å². The van der Waals surface area contributed by atoms with Crippen LogP contribution in [0.5, 0.6) is 0 Å². The lowest BCUT2D eigenvalue weighted by atomic mass is 10.0. The van der Waals surface area contributed by atoms with Crippen LogP contribution in [0.15, 0.2) is 30.3 Å². The highest BCUT2D eigenvalue weighted by Crippen LogP contribution is 2.07. The summed E-state index contributed by atoms with van der Waals surface area (Å²) < 4.78 is 0. The Balaban J connectivity index is 2.64. The predicted molar refractivity (Wildman–Crippen MR) is 106 cm³/mol. The average molecular weight is 390 g/mol. The van der Waals surface area contributed by atoms with E-state index in [9.17, 15) is 19.2 Å². The zero-order chi connectivity index (χ0) is 21.1. The Morgan fingerprint density at radius 1 is 1.04 bits per heavy atom. The molecule has 154 valence electrons. The molecule has 2 atom stereocenters. The summed E-state index contributed by atoms with van der Waals surface area (Å²) in [6.45, 7) is 5.36. The highest BCUT2D eigenvalue weighted by Gasteiger charge is 2.27. The standard InChI is InChI=1S/C20H30N4O4/c1-13(2)18(24-17(26)12-15-8-5-4-6-9-15)19(27)23-16(14(3)25)10-7-11-22-20(21)28/h4-6,8-9,13,16,18H,7,10-12H2,1-3H3,(H,23,27)(H,24,26)(H3,21,22,28). The van der Waals surface area contributed by atoms with Crippen molar-refractivity contribution >= 4 is 23.6 Å². The molecular weight excluding hydrogens is 360 g/mol. The molecule has 0 fully saturated rings. The topological polar surface area (TPSA) is 130 Å². The number of primary amides is 1. The second-order valence-electron chi connectivity index (χ2n) is 7.06. The Morgan fingerprint density at radius 2 is 1.68 bits per heavy atom. The number of hydrogen-bond donors (Lipinski definition) is 4. The first kappa shape index (κ1) is 23.1. The van der Waals surface area contributed by atoms with Gasteiger partial charge in [0.1, 0.15) is 6.04 Å². The molecule has 0 heterocycles. The van der Waals surface area contributed by atoms with Crippen molar-refractivity contribution in [2.75, 3.05) is 6.54 Å². The number of rotatable bonds is 11. The van der Waals surface area contributed by atoms with Crippen LogP contribution in [0.4, 0.5) is 4.79 Å². The van der Waals surface area contributed by atoms with E-state index in [0.717, 1.165) is 5.56 Å². The van der Waals surface area contributed by atoms with E-state index in [0.29, 0.717) is 19.4 Å². The number of carbonyl (C=O) groups excluding carboxylic acids is 4. The van der Waals surface area contributed by atoms with Gasteiger partial charge >= 0.3 is 6.03 Å². The summed E-state index contributed by atoms with van der Waals surface area (Å²) in [4.78, 5) is 47.5. The summed E-state index contributed by atoms with van der Waals surface area (Å²) in [6.07, 6.45) is 1.02. The third-order valence-electron chi connectivity index (χ3n) is 4.25. The summed E-state index contributed by atoms with van der Waals surface area (Å²) >= 11 is 0. The first-order valence-electron chi connectivity index (χ1n) is 9.38. The second-order valence-corrected chi connectivity index (χ2v) is 7.06. The number of carbonyl (C=O) groups is 4. The maximum Gasteiger partial charge on any atom is 0.312 e. The quantitative estimate of drug-likeness (QED) is 0.418. The molecule has 1 rings (SSSR count). The Labute approximate surface area is 165 Å². The Bertz CT molecular complexity index is 676. The number of benzene rings is 1. The normalized spacial score (nSPS) is 12.7. The highest BCUT2D eigenvalue weighted by molar-refractivity contribution is 5.92. The Kier molecular flexibility index (Phi) is 9.70. The number of nitrogens with two attached hydrogens (primary N) is 1. The number of urea groups is 1. The summed E-state index contributed by atoms with van der Waals surface area (Å²) in [6, 6.07) is 7.18. The van der Waals surface area contributed by atoms with E-state index in [2.05, 4.69) is 16.0 Å².